The summed E-state index contributed by atoms with van der Waals surface area (Å²) in [7, 11) is 0. The maximum Gasteiger partial charge on any atom is 0.441 e. The molecule has 1 aliphatic heterocycles. The Kier molecular flexibility index (Phi) is 4.30. The van der Waals surface area contributed by atoms with Crippen LogP contribution in [0.4, 0.5) is 0 Å². The third-order valence-electron chi connectivity index (χ3n) is 2.12. The lowest BCUT2D eigenvalue weighted by Crippen LogP contribution is -2.50. The molecule has 7 nitrogen and oxygen atoms in total. The molecule has 0 radical (unpaired) electrons. The van der Waals surface area contributed by atoms with E-state index in [-0.39, 0.29) is 31.4 Å². The van der Waals surface area contributed by atoms with Crippen molar-refractivity contribution in [2.45, 2.75) is 18.9 Å². The topological polar surface area (TPSA) is 109 Å². The summed E-state index contributed by atoms with van der Waals surface area (Å²) in [5.74, 6) is -1.84. The van der Waals surface area contributed by atoms with Gasteiger partial charge in [-0.15, -0.1) is 0 Å². The lowest BCUT2D eigenvalue weighted by molar-refractivity contribution is -0.141. The Balaban J connectivity index is 2.52. The molecule has 17 heavy (non-hydrogen) atoms. The zero-order valence-corrected chi connectivity index (χ0v) is 9.01. The first-order chi connectivity index (χ1) is 8.08. The van der Waals surface area contributed by atoms with Crippen LogP contribution in [-0.2, 0) is 19.1 Å². The van der Waals surface area contributed by atoms with Crippen LogP contribution in [0.2, 0.25) is 0 Å². The Bertz CT molecular complexity index is 415. The number of nitrogens with one attached hydrogen (secondary N) is 1. The predicted octanol–water partition coefficient (Wildman–Crippen LogP) is -0.766. The van der Waals surface area contributed by atoms with E-state index >= 15 is 0 Å². The number of nitrogens with zero attached hydrogens (tertiary/aromatic N) is 2. The fourth-order valence-corrected chi connectivity index (χ4v) is 1.29. The van der Waals surface area contributed by atoms with Gasteiger partial charge in [0.05, 0.1) is 0 Å². The molecule has 1 fully saturated rings. The number of carbonyl (C=O) groups excluding carboxylic acids is 3. The van der Waals surface area contributed by atoms with Crippen LogP contribution in [0.15, 0.2) is 12.7 Å². The average molecular weight is 237 g/mol. The molecule has 0 saturated carbocycles. The summed E-state index contributed by atoms with van der Waals surface area (Å²) >= 11 is 0. The van der Waals surface area contributed by atoms with Crippen molar-refractivity contribution in [2.75, 3.05) is 6.61 Å². The predicted molar refractivity (Wildman–Crippen MR) is 56.0 cm³/mol. The van der Waals surface area contributed by atoms with Gasteiger partial charge in [0.2, 0.25) is 5.91 Å². The van der Waals surface area contributed by atoms with E-state index in [9.17, 15) is 14.4 Å². The van der Waals surface area contributed by atoms with Crippen molar-refractivity contribution in [2.24, 2.45) is 0 Å². The van der Waals surface area contributed by atoms with E-state index in [1.807, 2.05) is 0 Å². The highest BCUT2D eigenvalue weighted by molar-refractivity contribution is 6.62. The van der Waals surface area contributed by atoms with Crippen molar-refractivity contribution in [3.05, 3.63) is 18.2 Å². The fourth-order valence-electron chi connectivity index (χ4n) is 1.29. The van der Waals surface area contributed by atoms with Crippen LogP contribution in [0, 0.1) is 0 Å². The molecule has 1 unspecified atom stereocenters. The van der Waals surface area contributed by atoms with Crippen molar-refractivity contribution in [3.8, 4) is 0 Å². The second-order valence-electron chi connectivity index (χ2n) is 3.43. The average Bonchev–Trinajstić information content (AvgIpc) is 2.25. The molecule has 1 aliphatic rings. The minimum absolute atomic E-state index is 0.0781. The van der Waals surface area contributed by atoms with Crippen molar-refractivity contribution < 1.29 is 23.9 Å². The smallest absolute Gasteiger partial charge is 0.441 e. The standard InChI is InChI=1S/C10H11N3O4/c1-2-3-17-10(16)9(13-11)7(14)4-6-5-8(15)12-6/h2,6H,1,3-5H2,(H,12,15). The van der Waals surface area contributed by atoms with Crippen molar-refractivity contribution in [3.63, 3.8) is 0 Å². The molecule has 1 rings (SSSR count). The number of carbonyl (C=O) groups is 3. The molecular formula is C10H11N3O4. The van der Waals surface area contributed by atoms with Gasteiger partial charge in [-0.25, -0.2) is 4.79 Å². The second-order valence-corrected chi connectivity index (χ2v) is 3.43. The second kappa shape index (κ2) is 5.72. The van der Waals surface area contributed by atoms with Gasteiger partial charge in [0.1, 0.15) is 6.61 Å². The monoisotopic (exact) mass is 237 g/mol. The summed E-state index contributed by atoms with van der Waals surface area (Å²) in [6.45, 7) is 3.25. The quantitative estimate of drug-likeness (QED) is 0.124. The van der Waals surface area contributed by atoms with E-state index in [0.29, 0.717) is 0 Å². The lowest BCUT2D eigenvalue weighted by Gasteiger charge is -2.25. The summed E-state index contributed by atoms with van der Waals surface area (Å²) in [4.78, 5) is 36.0. The number of esters is 1. The maximum atomic E-state index is 11.5. The van der Waals surface area contributed by atoms with Crippen molar-refractivity contribution >= 4 is 23.4 Å². The van der Waals surface area contributed by atoms with Crippen LogP contribution in [0.3, 0.4) is 0 Å². The van der Waals surface area contributed by atoms with Gasteiger partial charge in [-0.1, -0.05) is 12.7 Å². The van der Waals surface area contributed by atoms with Crippen molar-refractivity contribution in [1.29, 1.82) is 0 Å². The number of β-lactam (4-membered cyclic amide) rings is 1. The molecule has 0 aromatic heterocycles. The molecule has 1 heterocycles. The molecular weight excluding hydrogens is 226 g/mol. The van der Waals surface area contributed by atoms with Gasteiger partial charge in [0, 0.05) is 18.9 Å². The van der Waals surface area contributed by atoms with E-state index in [1.54, 1.807) is 0 Å². The highest BCUT2D eigenvalue weighted by Crippen LogP contribution is 2.09. The largest absolute Gasteiger partial charge is 0.453 e. The van der Waals surface area contributed by atoms with Gasteiger partial charge < -0.3 is 15.6 Å². The summed E-state index contributed by atoms with van der Waals surface area (Å²) < 4.78 is 4.56. The van der Waals surface area contributed by atoms with Crippen LogP contribution in [-0.4, -0.2) is 40.8 Å². The molecule has 90 valence electrons. The highest BCUT2D eigenvalue weighted by atomic mass is 16.5. The Morgan fingerprint density at radius 1 is 1.65 bits per heavy atom. The molecule has 0 spiro atoms. The van der Waals surface area contributed by atoms with E-state index < -0.39 is 17.5 Å². The molecule has 1 atom stereocenters. The normalized spacial score (nSPS) is 17.2. The third kappa shape index (κ3) is 3.35. The number of Topliss-reactive ketones (excluding diaryl/α,β-unsaturated/α-hetero) is 1. The zero-order valence-electron chi connectivity index (χ0n) is 9.01. The van der Waals surface area contributed by atoms with E-state index in [0.717, 1.165) is 0 Å². The van der Waals surface area contributed by atoms with Gasteiger partial charge in [0.15, 0.2) is 0 Å². The van der Waals surface area contributed by atoms with E-state index in [4.69, 9.17) is 5.53 Å². The number of amides is 1. The summed E-state index contributed by atoms with van der Waals surface area (Å²) in [5, 5.41) is 2.47. The fraction of sp³-hybridized carbons (Fsp3) is 0.400. The third-order valence-corrected chi connectivity index (χ3v) is 2.12. The molecule has 0 bridgehead atoms. The van der Waals surface area contributed by atoms with Gasteiger partial charge in [-0.2, -0.15) is 4.79 Å². The zero-order chi connectivity index (χ0) is 12.8. The van der Waals surface area contributed by atoms with Gasteiger partial charge >= 0.3 is 11.7 Å². The van der Waals surface area contributed by atoms with Crippen LogP contribution in [0.1, 0.15) is 12.8 Å². The lowest BCUT2D eigenvalue weighted by atomic mass is 9.98. The molecule has 0 aliphatic carbocycles. The SMILES string of the molecule is C=CCOC(=O)C(=[N+]=[N-])C(=O)CC1CC(=O)N1. The number of hydrogen-bond donors (Lipinski definition) is 1. The molecule has 0 aromatic rings. The Morgan fingerprint density at radius 2 is 2.29 bits per heavy atom. The summed E-state index contributed by atoms with van der Waals surface area (Å²) in [6, 6.07) is -0.307. The van der Waals surface area contributed by atoms with Gasteiger partial charge in [0.25, 0.3) is 5.78 Å². The Labute approximate surface area is 97.1 Å². The van der Waals surface area contributed by atoms with Crippen LogP contribution in [0.25, 0.3) is 5.53 Å². The molecule has 7 heteroatoms. The Hall–Kier alpha value is -2.27. The molecule has 1 N–H and O–H groups in total. The number of ether oxygens (including phenoxy) is 1. The first kappa shape index (κ1) is 12.8. The summed E-state index contributed by atoms with van der Waals surface area (Å²) in [6.07, 6.45) is 1.46. The Morgan fingerprint density at radius 3 is 2.76 bits per heavy atom. The van der Waals surface area contributed by atoms with Crippen LogP contribution >= 0.6 is 0 Å². The highest BCUT2D eigenvalue weighted by Gasteiger charge is 2.36. The number of rotatable bonds is 6. The summed E-state index contributed by atoms with van der Waals surface area (Å²) in [5.41, 5.74) is 7.90. The van der Waals surface area contributed by atoms with Gasteiger partial charge in [-0.05, 0) is 0 Å². The van der Waals surface area contributed by atoms with E-state index in [2.05, 4.69) is 21.4 Å². The molecule has 1 saturated heterocycles. The molecule has 1 amide bonds. The number of ketones is 1. The number of hydrogen-bond acceptors (Lipinski definition) is 4. The maximum absolute atomic E-state index is 11.5. The minimum atomic E-state index is -1.01. The first-order valence-corrected chi connectivity index (χ1v) is 4.91. The first-order valence-electron chi connectivity index (χ1n) is 4.91. The van der Waals surface area contributed by atoms with Crippen molar-refractivity contribution in [1.82, 2.24) is 5.32 Å². The molecule has 0 aromatic carbocycles. The minimum Gasteiger partial charge on any atom is -0.453 e. The van der Waals surface area contributed by atoms with Crippen LogP contribution in [0.5, 0.6) is 0 Å². The van der Waals surface area contributed by atoms with E-state index in [1.165, 1.54) is 6.08 Å². The van der Waals surface area contributed by atoms with Gasteiger partial charge in [-0.3, -0.25) is 9.59 Å². The van der Waals surface area contributed by atoms with Crippen LogP contribution < -0.4 is 5.32 Å².